The Labute approximate surface area is 187 Å². The van der Waals surface area contributed by atoms with E-state index in [2.05, 4.69) is 5.32 Å². The van der Waals surface area contributed by atoms with Gasteiger partial charge in [-0.2, -0.15) is 0 Å². The Bertz CT molecular complexity index is 832. The number of halogens is 2. The molecule has 0 fully saturated rings. The van der Waals surface area contributed by atoms with Crippen molar-refractivity contribution in [3.8, 4) is 0 Å². The SMILES string of the molecule is CCCCNC(=O)[C@H](C)N(Cc1ccccc1F)C(=O)CSCc1ccc(Cl)cc1. The van der Waals surface area contributed by atoms with E-state index < -0.39 is 6.04 Å². The molecule has 0 bridgehead atoms. The Balaban J connectivity index is 2.04. The van der Waals surface area contributed by atoms with Gasteiger partial charge in [-0.3, -0.25) is 9.59 Å². The second kappa shape index (κ2) is 12.6. The number of carbonyl (C=O) groups is 2. The van der Waals surface area contributed by atoms with Gasteiger partial charge in [0, 0.05) is 29.4 Å². The predicted molar refractivity (Wildman–Crippen MR) is 122 cm³/mol. The van der Waals surface area contributed by atoms with Gasteiger partial charge in [0.1, 0.15) is 11.9 Å². The van der Waals surface area contributed by atoms with Gasteiger partial charge in [0.2, 0.25) is 11.8 Å². The van der Waals surface area contributed by atoms with Crippen LogP contribution in [0.25, 0.3) is 0 Å². The van der Waals surface area contributed by atoms with E-state index in [9.17, 15) is 14.0 Å². The maximum absolute atomic E-state index is 14.2. The first-order chi connectivity index (χ1) is 14.4. The van der Waals surface area contributed by atoms with Gasteiger partial charge in [0.25, 0.3) is 0 Å². The van der Waals surface area contributed by atoms with Gasteiger partial charge in [-0.1, -0.05) is 55.3 Å². The molecule has 0 aliphatic rings. The molecule has 0 radical (unpaired) electrons. The molecule has 0 aliphatic carbocycles. The summed E-state index contributed by atoms with van der Waals surface area (Å²) in [6.07, 6.45) is 1.84. The van der Waals surface area contributed by atoms with Crippen LogP contribution in [0.15, 0.2) is 48.5 Å². The van der Waals surface area contributed by atoms with Crippen molar-refractivity contribution in [2.24, 2.45) is 0 Å². The maximum atomic E-state index is 14.2. The fourth-order valence-electron chi connectivity index (χ4n) is 2.85. The van der Waals surface area contributed by atoms with Gasteiger partial charge < -0.3 is 10.2 Å². The average Bonchev–Trinajstić information content (AvgIpc) is 2.74. The molecule has 0 aliphatic heterocycles. The minimum Gasteiger partial charge on any atom is -0.354 e. The minimum absolute atomic E-state index is 0.0510. The number of nitrogens with one attached hydrogen (secondary N) is 1. The second-order valence-corrected chi connectivity index (χ2v) is 8.47. The highest BCUT2D eigenvalue weighted by Gasteiger charge is 2.26. The smallest absolute Gasteiger partial charge is 0.242 e. The van der Waals surface area contributed by atoms with Crippen LogP contribution in [0.5, 0.6) is 0 Å². The first-order valence-corrected chi connectivity index (χ1v) is 11.6. The number of hydrogen-bond donors (Lipinski definition) is 1. The molecule has 0 aromatic heterocycles. The van der Waals surface area contributed by atoms with Crippen molar-refractivity contribution in [2.45, 2.75) is 45.0 Å². The minimum atomic E-state index is -0.690. The van der Waals surface area contributed by atoms with E-state index in [1.165, 1.54) is 22.7 Å². The summed E-state index contributed by atoms with van der Waals surface area (Å²) in [5, 5.41) is 3.53. The average molecular weight is 451 g/mol. The molecule has 4 nitrogen and oxygen atoms in total. The van der Waals surface area contributed by atoms with Crippen LogP contribution in [0.4, 0.5) is 4.39 Å². The van der Waals surface area contributed by atoms with Crippen molar-refractivity contribution in [2.75, 3.05) is 12.3 Å². The van der Waals surface area contributed by atoms with Crippen LogP contribution in [0.3, 0.4) is 0 Å². The Morgan fingerprint density at radius 1 is 1.17 bits per heavy atom. The molecule has 0 heterocycles. The zero-order chi connectivity index (χ0) is 21.9. The molecule has 162 valence electrons. The summed E-state index contributed by atoms with van der Waals surface area (Å²) in [4.78, 5) is 27.0. The third-order valence-corrected chi connectivity index (χ3v) is 5.94. The lowest BCUT2D eigenvalue weighted by molar-refractivity contribution is -0.138. The zero-order valence-corrected chi connectivity index (χ0v) is 18.9. The number of carbonyl (C=O) groups excluding carboxylic acids is 2. The normalized spacial score (nSPS) is 11.7. The lowest BCUT2D eigenvalue weighted by Crippen LogP contribution is -2.48. The summed E-state index contributed by atoms with van der Waals surface area (Å²) in [7, 11) is 0. The monoisotopic (exact) mass is 450 g/mol. The van der Waals surface area contributed by atoms with Crippen molar-refractivity contribution in [3.05, 3.63) is 70.5 Å². The van der Waals surface area contributed by atoms with Gasteiger partial charge in [0.15, 0.2) is 0 Å². The Morgan fingerprint density at radius 3 is 2.53 bits per heavy atom. The van der Waals surface area contributed by atoms with Crippen LogP contribution in [0.2, 0.25) is 5.02 Å². The number of thioether (sulfide) groups is 1. The lowest BCUT2D eigenvalue weighted by Gasteiger charge is -2.29. The molecule has 1 atom stereocenters. The molecule has 30 heavy (non-hydrogen) atoms. The molecule has 0 saturated carbocycles. The van der Waals surface area contributed by atoms with Gasteiger partial charge in [0.05, 0.1) is 5.75 Å². The molecule has 2 amide bonds. The van der Waals surface area contributed by atoms with Gasteiger partial charge in [-0.25, -0.2) is 4.39 Å². The van der Waals surface area contributed by atoms with Crippen molar-refractivity contribution in [1.29, 1.82) is 0 Å². The number of unbranched alkanes of at least 4 members (excludes halogenated alkanes) is 1. The lowest BCUT2D eigenvalue weighted by atomic mass is 10.1. The van der Waals surface area contributed by atoms with E-state index in [0.717, 1.165) is 18.4 Å². The summed E-state index contributed by atoms with van der Waals surface area (Å²) < 4.78 is 14.2. The van der Waals surface area contributed by atoms with Gasteiger partial charge >= 0.3 is 0 Å². The molecule has 1 N–H and O–H groups in total. The predicted octanol–water partition coefficient (Wildman–Crippen LogP) is 5.05. The van der Waals surface area contributed by atoms with Crippen LogP contribution in [0, 0.1) is 5.82 Å². The molecule has 0 saturated heterocycles. The number of nitrogens with zero attached hydrogens (tertiary/aromatic N) is 1. The number of rotatable bonds is 11. The van der Waals surface area contributed by atoms with Gasteiger partial charge in [-0.05, 0) is 37.1 Å². The largest absolute Gasteiger partial charge is 0.354 e. The Hall–Kier alpha value is -2.05. The molecule has 0 unspecified atom stereocenters. The van der Waals surface area contributed by atoms with Crippen LogP contribution in [0.1, 0.15) is 37.8 Å². The number of benzene rings is 2. The fourth-order valence-corrected chi connectivity index (χ4v) is 3.85. The van der Waals surface area contributed by atoms with Crippen molar-refractivity contribution < 1.29 is 14.0 Å². The molecule has 2 aromatic carbocycles. The van der Waals surface area contributed by atoms with E-state index in [4.69, 9.17) is 11.6 Å². The van der Waals surface area contributed by atoms with Gasteiger partial charge in [-0.15, -0.1) is 11.8 Å². The Kier molecular flexibility index (Phi) is 10.2. The highest BCUT2D eigenvalue weighted by Crippen LogP contribution is 2.18. The third kappa shape index (κ3) is 7.65. The van der Waals surface area contributed by atoms with Crippen molar-refractivity contribution in [1.82, 2.24) is 10.2 Å². The van der Waals surface area contributed by atoms with E-state index in [0.29, 0.717) is 22.9 Å². The van der Waals surface area contributed by atoms with E-state index >= 15 is 0 Å². The van der Waals surface area contributed by atoms with Crippen LogP contribution >= 0.6 is 23.4 Å². The molecule has 0 spiro atoms. The fraction of sp³-hybridized carbons (Fsp3) is 0.391. The first kappa shape index (κ1) is 24.2. The summed E-state index contributed by atoms with van der Waals surface area (Å²) in [6, 6.07) is 13.1. The van der Waals surface area contributed by atoms with Crippen molar-refractivity contribution >= 4 is 35.2 Å². The van der Waals surface area contributed by atoms with Crippen molar-refractivity contribution in [3.63, 3.8) is 0 Å². The topological polar surface area (TPSA) is 49.4 Å². The Morgan fingerprint density at radius 2 is 1.87 bits per heavy atom. The summed E-state index contributed by atoms with van der Waals surface area (Å²) >= 11 is 7.36. The van der Waals surface area contributed by atoms with Crippen LogP contribution in [-0.4, -0.2) is 35.1 Å². The third-order valence-electron chi connectivity index (χ3n) is 4.70. The first-order valence-electron chi connectivity index (χ1n) is 10.0. The van der Waals surface area contributed by atoms with E-state index in [1.807, 2.05) is 31.2 Å². The second-order valence-electron chi connectivity index (χ2n) is 7.05. The zero-order valence-electron chi connectivity index (χ0n) is 17.4. The molecule has 2 rings (SSSR count). The highest BCUT2D eigenvalue weighted by molar-refractivity contribution is 7.99. The van der Waals surface area contributed by atoms with Crippen LogP contribution < -0.4 is 5.32 Å². The summed E-state index contributed by atoms with van der Waals surface area (Å²) in [5.41, 5.74) is 1.45. The molecule has 7 heteroatoms. The van der Waals surface area contributed by atoms with Crippen LogP contribution in [-0.2, 0) is 21.9 Å². The molecular formula is C23H28ClFN2O2S. The number of amides is 2. The standard InChI is InChI=1S/C23H28ClFN2O2S/c1-3-4-13-26-23(29)17(2)27(14-19-7-5-6-8-21(19)25)22(28)16-30-15-18-9-11-20(24)12-10-18/h5-12,17H,3-4,13-16H2,1-2H3,(H,26,29)/t17-/m0/s1. The highest BCUT2D eigenvalue weighted by atomic mass is 35.5. The molecular weight excluding hydrogens is 423 g/mol. The molecule has 2 aromatic rings. The van der Waals surface area contributed by atoms with E-state index in [1.54, 1.807) is 25.1 Å². The quantitative estimate of drug-likeness (QED) is 0.487. The summed E-state index contributed by atoms with van der Waals surface area (Å²) in [6.45, 7) is 4.34. The maximum Gasteiger partial charge on any atom is 0.242 e. The number of hydrogen-bond acceptors (Lipinski definition) is 3. The van der Waals surface area contributed by atoms with E-state index in [-0.39, 0.29) is 29.9 Å². The summed E-state index contributed by atoms with van der Waals surface area (Å²) in [5.74, 6) is 0.0332.